The van der Waals surface area contributed by atoms with Gasteiger partial charge in [-0.05, 0) is 37.0 Å². The number of nitrogens with one attached hydrogen (secondary N) is 1. The van der Waals surface area contributed by atoms with E-state index in [1.165, 1.54) is 12.1 Å². The Bertz CT molecular complexity index is 342. The second-order valence-corrected chi connectivity index (χ2v) is 4.79. The minimum absolute atomic E-state index is 0.180. The van der Waals surface area contributed by atoms with Crippen LogP contribution in [0.2, 0.25) is 5.02 Å². The molecule has 16 heavy (non-hydrogen) atoms. The Morgan fingerprint density at radius 3 is 2.62 bits per heavy atom. The van der Waals surface area contributed by atoms with E-state index in [1.54, 1.807) is 6.07 Å². The Labute approximate surface area is 101 Å². The SMILES string of the molecule is CC(C)CCC(NN)c1cc(Cl)ccc1F. The van der Waals surface area contributed by atoms with Gasteiger partial charge >= 0.3 is 0 Å². The van der Waals surface area contributed by atoms with E-state index in [0.717, 1.165) is 12.8 Å². The Morgan fingerprint density at radius 1 is 1.38 bits per heavy atom. The average Bonchev–Trinajstić information content (AvgIpc) is 2.23. The fraction of sp³-hybridized carbons (Fsp3) is 0.500. The van der Waals surface area contributed by atoms with E-state index in [0.29, 0.717) is 16.5 Å². The standard InChI is InChI=1S/C12H18ClFN2/c1-8(2)3-6-12(16-15)10-7-9(13)4-5-11(10)14/h4-5,7-8,12,16H,3,6,15H2,1-2H3. The molecule has 0 aliphatic carbocycles. The number of benzene rings is 1. The summed E-state index contributed by atoms with van der Waals surface area (Å²) in [6.07, 6.45) is 1.78. The van der Waals surface area contributed by atoms with E-state index >= 15 is 0 Å². The molecule has 1 aromatic rings. The van der Waals surface area contributed by atoms with Crippen molar-refractivity contribution < 1.29 is 4.39 Å². The molecule has 0 heterocycles. The first-order valence-electron chi connectivity index (χ1n) is 5.45. The van der Waals surface area contributed by atoms with Crippen LogP contribution in [0.15, 0.2) is 18.2 Å². The summed E-state index contributed by atoms with van der Waals surface area (Å²) in [7, 11) is 0. The van der Waals surface area contributed by atoms with E-state index < -0.39 is 0 Å². The highest BCUT2D eigenvalue weighted by Crippen LogP contribution is 2.25. The van der Waals surface area contributed by atoms with Crippen molar-refractivity contribution in [2.45, 2.75) is 32.7 Å². The van der Waals surface area contributed by atoms with Crippen LogP contribution in [0.1, 0.15) is 38.3 Å². The molecule has 1 unspecified atom stereocenters. The third-order valence-corrected chi connectivity index (χ3v) is 2.80. The van der Waals surface area contributed by atoms with Crippen molar-refractivity contribution >= 4 is 11.6 Å². The van der Waals surface area contributed by atoms with E-state index in [4.69, 9.17) is 17.4 Å². The molecule has 1 aromatic carbocycles. The lowest BCUT2D eigenvalue weighted by molar-refractivity contribution is 0.434. The second-order valence-electron chi connectivity index (χ2n) is 4.36. The van der Waals surface area contributed by atoms with E-state index in [9.17, 15) is 4.39 Å². The molecule has 0 amide bonds. The van der Waals surface area contributed by atoms with E-state index in [1.807, 2.05) is 0 Å². The molecule has 1 rings (SSSR count). The minimum atomic E-state index is -0.267. The van der Waals surface area contributed by atoms with Crippen LogP contribution in [0.3, 0.4) is 0 Å². The summed E-state index contributed by atoms with van der Waals surface area (Å²) in [5.41, 5.74) is 3.18. The summed E-state index contributed by atoms with van der Waals surface area (Å²) in [6, 6.07) is 4.36. The number of nitrogens with two attached hydrogens (primary N) is 1. The van der Waals surface area contributed by atoms with Crippen molar-refractivity contribution in [1.29, 1.82) is 0 Å². The molecule has 1 atom stereocenters. The van der Waals surface area contributed by atoms with Gasteiger partial charge in [-0.1, -0.05) is 25.4 Å². The van der Waals surface area contributed by atoms with Crippen LogP contribution in [0.5, 0.6) is 0 Å². The number of hydrogen-bond acceptors (Lipinski definition) is 2. The van der Waals surface area contributed by atoms with Gasteiger partial charge in [-0.3, -0.25) is 11.3 Å². The largest absolute Gasteiger partial charge is 0.271 e. The topological polar surface area (TPSA) is 38.0 Å². The fourth-order valence-corrected chi connectivity index (χ4v) is 1.79. The van der Waals surface area contributed by atoms with Gasteiger partial charge in [0.15, 0.2) is 0 Å². The van der Waals surface area contributed by atoms with Crippen molar-refractivity contribution in [3.63, 3.8) is 0 Å². The van der Waals surface area contributed by atoms with Gasteiger partial charge in [0, 0.05) is 16.6 Å². The number of hydrogen-bond donors (Lipinski definition) is 2. The monoisotopic (exact) mass is 244 g/mol. The van der Waals surface area contributed by atoms with Crippen molar-refractivity contribution in [3.05, 3.63) is 34.6 Å². The summed E-state index contributed by atoms with van der Waals surface area (Å²) in [4.78, 5) is 0. The van der Waals surface area contributed by atoms with Gasteiger partial charge in [-0.2, -0.15) is 0 Å². The summed E-state index contributed by atoms with van der Waals surface area (Å²) < 4.78 is 13.6. The third kappa shape index (κ3) is 3.74. The number of halogens is 2. The van der Waals surface area contributed by atoms with Gasteiger partial charge in [0.1, 0.15) is 5.82 Å². The van der Waals surface area contributed by atoms with E-state index in [-0.39, 0.29) is 11.9 Å². The zero-order valence-electron chi connectivity index (χ0n) is 9.63. The molecule has 0 aliphatic rings. The molecule has 0 aromatic heterocycles. The van der Waals surface area contributed by atoms with Gasteiger partial charge in [0.25, 0.3) is 0 Å². The lowest BCUT2D eigenvalue weighted by Gasteiger charge is -2.18. The predicted octanol–water partition coefficient (Wildman–Crippen LogP) is 3.42. The molecule has 0 bridgehead atoms. The molecular weight excluding hydrogens is 227 g/mol. The summed E-state index contributed by atoms with van der Waals surface area (Å²) in [5.74, 6) is 5.75. The Balaban J connectivity index is 2.81. The summed E-state index contributed by atoms with van der Waals surface area (Å²) in [5, 5.41) is 0.529. The first kappa shape index (κ1) is 13.4. The van der Waals surface area contributed by atoms with Gasteiger partial charge in [0.05, 0.1) is 0 Å². The van der Waals surface area contributed by atoms with Crippen LogP contribution in [-0.4, -0.2) is 0 Å². The first-order chi connectivity index (χ1) is 7.54. The zero-order chi connectivity index (χ0) is 12.1. The Morgan fingerprint density at radius 2 is 2.06 bits per heavy atom. The van der Waals surface area contributed by atoms with Crippen LogP contribution in [0.4, 0.5) is 4.39 Å². The molecule has 4 heteroatoms. The normalized spacial score (nSPS) is 13.1. The number of rotatable bonds is 5. The maximum Gasteiger partial charge on any atom is 0.128 e. The lowest BCUT2D eigenvalue weighted by Crippen LogP contribution is -2.29. The second kappa shape index (κ2) is 6.18. The minimum Gasteiger partial charge on any atom is -0.271 e. The van der Waals surface area contributed by atoms with Gasteiger partial charge < -0.3 is 0 Å². The predicted molar refractivity (Wildman–Crippen MR) is 65.5 cm³/mol. The highest BCUT2D eigenvalue weighted by atomic mass is 35.5. The highest BCUT2D eigenvalue weighted by molar-refractivity contribution is 6.30. The van der Waals surface area contributed by atoms with Gasteiger partial charge in [0.2, 0.25) is 0 Å². The third-order valence-electron chi connectivity index (χ3n) is 2.57. The molecule has 0 radical (unpaired) electrons. The summed E-state index contributed by atoms with van der Waals surface area (Å²) in [6.45, 7) is 4.25. The molecule has 3 N–H and O–H groups in total. The van der Waals surface area contributed by atoms with Crippen molar-refractivity contribution in [1.82, 2.24) is 5.43 Å². The lowest BCUT2D eigenvalue weighted by atomic mass is 9.98. The Kier molecular flexibility index (Phi) is 5.19. The molecule has 0 saturated heterocycles. The van der Waals surface area contributed by atoms with Crippen molar-refractivity contribution in [2.75, 3.05) is 0 Å². The van der Waals surface area contributed by atoms with Crippen LogP contribution in [0.25, 0.3) is 0 Å². The maximum atomic E-state index is 13.6. The van der Waals surface area contributed by atoms with Crippen LogP contribution in [0, 0.1) is 11.7 Å². The van der Waals surface area contributed by atoms with E-state index in [2.05, 4.69) is 19.3 Å². The molecule has 0 saturated carbocycles. The first-order valence-corrected chi connectivity index (χ1v) is 5.83. The highest BCUT2D eigenvalue weighted by Gasteiger charge is 2.15. The van der Waals surface area contributed by atoms with Crippen LogP contribution in [-0.2, 0) is 0 Å². The maximum absolute atomic E-state index is 13.6. The van der Waals surface area contributed by atoms with Gasteiger partial charge in [-0.25, -0.2) is 4.39 Å². The molecule has 0 fully saturated rings. The molecule has 90 valence electrons. The summed E-state index contributed by atoms with van der Waals surface area (Å²) >= 11 is 5.85. The fourth-order valence-electron chi connectivity index (χ4n) is 1.61. The van der Waals surface area contributed by atoms with Gasteiger partial charge in [-0.15, -0.1) is 0 Å². The van der Waals surface area contributed by atoms with Crippen molar-refractivity contribution in [3.8, 4) is 0 Å². The van der Waals surface area contributed by atoms with Crippen LogP contribution < -0.4 is 11.3 Å². The molecule has 2 nitrogen and oxygen atoms in total. The molecule has 0 spiro atoms. The quantitative estimate of drug-likeness (QED) is 0.615. The number of hydrazine groups is 1. The average molecular weight is 245 g/mol. The molecule has 0 aliphatic heterocycles. The smallest absolute Gasteiger partial charge is 0.128 e. The molecular formula is C12H18ClFN2. The van der Waals surface area contributed by atoms with Crippen molar-refractivity contribution in [2.24, 2.45) is 11.8 Å². The Hall–Kier alpha value is -0.640. The van der Waals surface area contributed by atoms with Crippen LogP contribution >= 0.6 is 11.6 Å². The zero-order valence-corrected chi connectivity index (χ0v) is 10.4.